The molecule has 0 N–H and O–H groups in total. The van der Waals surface area contributed by atoms with Crippen molar-refractivity contribution < 1.29 is 28.2 Å². The predicted molar refractivity (Wildman–Crippen MR) is 145 cm³/mol. The van der Waals surface area contributed by atoms with Crippen LogP contribution >= 0.6 is 46.0 Å². The number of benzene rings is 3. The lowest BCUT2D eigenvalue weighted by Gasteiger charge is -2.13. The number of hydrogen-bond donors (Lipinski definition) is 0. The lowest BCUT2D eigenvalue weighted by atomic mass is 10.1. The number of imide groups is 1. The van der Waals surface area contributed by atoms with Gasteiger partial charge in [-0.2, -0.15) is 0 Å². The second-order valence-corrected chi connectivity index (χ2v) is 10.1. The van der Waals surface area contributed by atoms with Crippen molar-refractivity contribution in [3.05, 3.63) is 96.7 Å². The first-order valence-electron chi connectivity index (χ1n) is 10.7. The van der Waals surface area contributed by atoms with Crippen molar-refractivity contribution in [2.45, 2.75) is 13.5 Å². The van der Waals surface area contributed by atoms with E-state index in [0.717, 1.165) is 26.3 Å². The maximum absolute atomic E-state index is 13.3. The minimum atomic E-state index is -0.519. The number of thioether (sulfide) groups is 1. The van der Waals surface area contributed by atoms with Crippen LogP contribution in [0.1, 0.15) is 28.4 Å². The molecule has 1 heterocycles. The fraction of sp³-hybridized carbons (Fsp3) is 0.115. The number of amides is 2. The monoisotopic (exact) mass is 637 g/mol. The molecule has 0 spiro atoms. The predicted octanol–water partition coefficient (Wildman–Crippen LogP) is 6.94. The summed E-state index contributed by atoms with van der Waals surface area (Å²) in [5.41, 5.74) is 1.47. The fourth-order valence-electron chi connectivity index (χ4n) is 3.36. The van der Waals surface area contributed by atoms with E-state index in [1.54, 1.807) is 49.4 Å². The van der Waals surface area contributed by atoms with Gasteiger partial charge < -0.3 is 9.47 Å². The Bertz CT molecular complexity index is 1400. The number of esters is 1. The molecule has 10 heteroatoms. The zero-order valence-corrected chi connectivity index (χ0v) is 22.5. The standard InChI is InChI=1S/C26H18ClFINO5S/c1-2-34-22-11-15(7-10-21(22)35-25(32)18-5-3-4-6-20(18)29)12-23-24(31)30(26(33)36-23)14-16-8-9-17(28)13-19(16)27/h3-13H,2,14H2,1H3/b23-12-. The summed E-state index contributed by atoms with van der Waals surface area (Å²) in [6.07, 6.45) is 1.56. The van der Waals surface area contributed by atoms with Crippen molar-refractivity contribution in [2.75, 3.05) is 6.61 Å². The van der Waals surface area contributed by atoms with Gasteiger partial charge in [0.1, 0.15) is 5.82 Å². The zero-order chi connectivity index (χ0) is 25.8. The van der Waals surface area contributed by atoms with E-state index in [1.165, 1.54) is 12.1 Å². The molecule has 1 aliphatic heterocycles. The van der Waals surface area contributed by atoms with Crippen LogP contribution in [0.5, 0.6) is 11.5 Å². The molecule has 1 aliphatic rings. The number of nitrogens with zero attached hydrogens (tertiary/aromatic N) is 1. The molecule has 1 fully saturated rings. The number of carbonyl (C=O) groups is 3. The number of hydrogen-bond acceptors (Lipinski definition) is 6. The van der Waals surface area contributed by atoms with E-state index < -0.39 is 22.9 Å². The molecule has 6 nitrogen and oxygen atoms in total. The molecular formula is C26H18ClFINO5S. The molecule has 4 rings (SSSR count). The van der Waals surface area contributed by atoms with Gasteiger partial charge in [0.15, 0.2) is 11.5 Å². The molecule has 184 valence electrons. The van der Waals surface area contributed by atoms with Crippen molar-refractivity contribution in [1.29, 1.82) is 0 Å². The van der Waals surface area contributed by atoms with Crippen LogP contribution in [0, 0.1) is 9.39 Å². The van der Waals surface area contributed by atoms with Crippen LogP contribution in [0.15, 0.2) is 65.6 Å². The third kappa shape index (κ3) is 5.91. The summed E-state index contributed by atoms with van der Waals surface area (Å²) < 4.78 is 25.3. The van der Waals surface area contributed by atoms with Gasteiger partial charge in [-0.25, -0.2) is 9.18 Å². The van der Waals surface area contributed by atoms with Crippen LogP contribution in [0.25, 0.3) is 6.08 Å². The summed E-state index contributed by atoms with van der Waals surface area (Å²) >= 11 is 8.91. The maximum Gasteiger partial charge on any atom is 0.344 e. The van der Waals surface area contributed by atoms with Gasteiger partial charge in [-0.3, -0.25) is 14.5 Å². The van der Waals surface area contributed by atoms with Crippen molar-refractivity contribution in [3.63, 3.8) is 0 Å². The fourth-order valence-corrected chi connectivity index (χ4v) is 5.03. The van der Waals surface area contributed by atoms with Gasteiger partial charge in [-0.05, 0) is 94.9 Å². The van der Waals surface area contributed by atoms with E-state index >= 15 is 0 Å². The molecule has 0 saturated carbocycles. The molecule has 0 radical (unpaired) electrons. The van der Waals surface area contributed by atoms with Gasteiger partial charge in [0.25, 0.3) is 11.1 Å². The van der Waals surface area contributed by atoms with Gasteiger partial charge in [0.2, 0.25) is 0 Å². The molecule has 36 heavy (non-hydrogen) atoms. The van der Waals surface area contributed by atoms with Crippen LogP contribution in [0.4, 0.5) is 9.18 Å². The highest BCUT2D eigenvalue weighted by molar-refractivity contribution is 14.1. The van der Waals surface area contributed by atoms with Crippen molar-refractivity contribution in [1.82, 2.24) is 4.90 Å². The molecule has 0 unspecified atom stereocenters. The Morgan fingerprint density at radius 3 is 2.61 bits per heavy atom. The zero-order valence-electron chi connectivity index (χ0n) is 18.8. The van der Waals surface area contributed by atoms with Crippen LogP contribution in [0.3, 0.4) is 0 Å². The molecule has 2 amide bonds. The molecule has 1 saturated heterocycles. The molecule has 0 bridgehead atoms. The van der Waals surface area contributed by atoms with Gasteiger partial charge in [0, 0.05) is 8.59 Å². The highest BCUT2D eigenvalue weighted by Crippen LogP contribution is 2.36. The average Bonchev–Trinajstić information content (AvgIpc) is 3.10. The smallest absolute Gasteiger partial charge is 0.344 e. The Hall–Kier alpha value is -2.89. The van der Waals surface area contributed by atoms with Crippen LogP contribution in [0.2, 0.25) is 5.02 Å². The second kappa shape index (κ2) is 11.4. The van der Waals surface area contributed by atoms with E-state index in [4.69, 9.17) is 21.1 Å². The molecular weight excluding hydrogens is 620 g/mol. The minimum Gasteiger partial charge on any atom is -0.490 e. The first kappa shape index (κ1) is 26.2. The Labute approximate surface area is 229 Å². The lowest BCUT2D eigenvalue weighted by Crippen LogP contribution is -2.27. The number of ether oxygens (including phenoxy) is 2. The highest BCUT2D eigenvalue weighted by Gasteiger charge is 2.35. The minimum absolute atomic E-state index is 0.0709. The normalized spacial score (nSPS) is 14.4. The van der Waals surface area contributed by atoms with Crippen molar-refractivity contribution in [2.24, 2.45) is 0 Å². The maximum atomic E-state index is 13.3. The summed E-state index contributed by atoms with van der Waals surface area (Å²) in [5, 5.41) is -0.325. The average molecular weight is 638 g/mol. The second-order valence-electron chi connectivity index (χ2n) is 7.51. The van der Waals surface area contributed by atoms with Gasteiger partial charge in [0.05, 0.1) is 23.6 Å². The molecule has 0 aromatic heterocycles. The van der Waals surface area contributed by atoms with Gasteiger partial charge >= 0.3 is 5.97 Å². The van der Waals surface area contributed by atoms with E-state index in [-0.39, 0.29) is 22.2 Å². The third-order valence-corrected chi connectivity index (χ3v) is 7.28. The summed E-state index contributed by atoms with van der Waals surface area (Å²) in [7, 11) is 0. The van der Waals surface area contributed by atoms with Gasteiger partial charge in [-0.1, -0.05) is 35.9 Å². The van der Waals surface area contributed by atoms with Crippen LogP contribution in [-0.4, -0.2) is 28.6 Å². The largest absolute Gasteiger partial charge is 0.490 e. The Morgan fingerprint density at radius 2 is 1.89 bits per heavy atom. The van der Waals surface area contributed by atoms with Crippen molar-refractivity contribution in [3.8, 4) is 11.5 Å². The van der Waals surface area contributed by atoms with Crippen LogP contribution < -0.4 is 9.47 Å². The SMILES string of the molecule is CCOc1cc(/C=C2\SC(=O)N(Cc3ccc(F)cc3Cl)C2=O)ccc1OC(=O)c1ccccc1I. The summed E-state index contributed by atoms with van der Waals surface area (Å²) in [6.45, 7) is 2.05. The number of rotatable bonds is 7. The summed E-state index contributed by atoms with van der Waals surface area (Å²) in [5.74, 6) is -0.956. The summed E-state index contributed by atoms with van der Waals surface area (Å²) in [4.78, 5) is 39.3. The number of carbonyl (C=O) groups excluding carboxylic acids is 3. The Balaban J connectivity index is 1.55. The third-order valence-electron chi connectivity index (χ3n) is 5.08. The Kier molecular flexibility index (Phi) is 8.32. The van der Waals surface area contributed by atoms with Crippen molar-refractivity contribution >= 4 is 69.1 Å². The highest BCUT2D eigenvalue weighted by atomic mass is 127. The quantitative estimate of drug-likeness (QED) is 0.121. The van der Waals surface area contributed by atoms with E-state index in [2.05, 4.69) is 22.6 Å². The first-order chi connectivity index (χ1) is 17.3. The van der Waals surface area contributed by atoms with E-state index in [9.17, 15) is 18.8 Å². The molecule has 3 aromatic rings. The Morgan fingerprint density at radius 1 is 1.11 bits per heavy atom. The van der Waals surface area contributed by atoms with Gasteiger partial charge in [-0.15, -0.1) is 0 Å². The number of halogens is 3. The van der Waals surface area contributed by atoms with Crippen LogP contribution in [-0.2, 0) is 11.3 Å². The molecule has 3 aromatic carbocycles. The van der Waals surface area contributed by atoms with E-state index in [0.29, 0.717) is 29.0 Å². The van der Waals surface area contributed by atoms with E-state index in [1.807, 2.05) is 6.07 Å². The molecule has 0 aliphatic carbocycles. The first-order valence-corrected chi connectivity index (χ1v) is 13.0. The summed E-state index contributed by atoms with van der Waals surface area (Å²) in [6, 6.07) is 15.7. The topological polar surface area (TPSA) is 72.9 Å². The molecule has 0 atom stereocenters. The lowest BCUT2D eigenvalue weighted by molar-refractivity contribution is -0.123.